The molecule has 0 spiro atoms. The molecule has 1 aromatic rings. The van der Waals surface area contributed by atoms with E-state index in [0.29, 0.717) is 0 Å². The van der Waals surface area contributed by atoms with Crippen LogP contribution in [-0.4, -0.2) is 46.9 Å². The van der Waals surface area contributed by atoms with Crippen LogP contribution in [0.2, 0.25) is 0 Å². The van der Waals surface area contributed by atoms with E-state index in [4.69, 9.17) is 44.4 Å². The molecule has 0 bridgehead atoms. The second-order valence-corrected chi connectivity index (χ2v) is 6.72. The maximum atomic E-state index is 12.3. The van der Waals surface area contributed by atoms with Gasteiger partial charge >= 0.3 is 11.9 Å². The van der Waals surface area contributed by atoms with E-state index < -0.39 is 35.6 Å². The lowest BCUT2D eigenvalue weighted by atomic mass is 10.1. The van der Waals surface area contributed by atoms with Crippen molar-refractivity contribution in [3.8, 4) is 12.1 Å². The van der Waals surface area contributed by atoms with Crippen LogP contribution >= 0.6 is 24.4 Å². The zero-order valence-corrected chi connectivity index (χ0v) is 18.7. The Morgan fingerprint density at radius 2 is 1.12 bits per heavy atom. The number of nitriles is 2. The molecule has 0 aromatic heterocycles. The van der Waals surface area contributed by atoms with Gasteiger partial charge in [-0.2, -0.15) is 10.5 Å². The standard InChI is InChI=1S/C20H18N4O6S2/c1-3-29-19(27)13(9-21)17(31)23-15(25)11-5-7-12(8-6-11)16(26)24-18(32)14(10-22)20(28)30-4-2/h5-8,13-14H,3-4H2,1-2H3,(H,23,25,31)(H,24,26,32). The third-order valence-electron chi connectivity index (χ3n) is 3.71. The summed E-state index contributed by atoms with van der Waals surface area (Å²) < 4.78 is 9.45. The molecule has 2 atom stereocenters. The summed E-state index contributed by atoms with van der Waals surface area (Å²) in [7, 11) is 0. The highest BCUT2D eigenvalue weighted by molar-refractivity contribution is 7.80. The van der Waals surface area contributed by atoms with Crippen molar-refractivity contribution < 1.29 is 28.7 Å². The first kappa shape index (κ1) is 26.3. The number of esters is 2. The van der Waals surface area contributed by atoms with Crippen LogP contribution in [0.15, 0.2) is 24.3 Å². The van der Waals surface area contributed by atoms with Crippen LogP contribution < -0.4 is 10.6 Å². The number of hydrogen-bond acceptors (Lipinski definition) is 10. The number of rotatable bonds is 8. The number of thiocarbonyl (C=S) groups is 2. The second kappa shape index (κ2) is 12.8. The van der Waals surface area contributed by atoms with Crippen molar-refractivity contribution in [2.24, 2.45) is 11.8 Å². The molecule has 0 aliphatic carbocycles. The topological polar surface area (TPSA) is 158 Å². The van der Waals surface area contributed by atoms with Crippen molar-refractivity contribution in [1.82, 2.24) is 10.6 Å². The third-order valence-corrected chi connectivity index (χ3v) is 4.39. The fourth-order valence-electron chi connectivity index (χ4n) is 2.17. The fraction of sp³-hybridized carbons (Fsp3) is 0.300. The van der Waals surface area contributed by atoms with E-state index in [9.17, 15) is 19.2 Å². The van der Waals surface area contributed by atoms with E-state index in [1.807, 2.05) is 0 Å². The molecule has 0 radical (unpaired) electrons. The summed E-state index contributed by atoms with van der Waals surface area (Å²) in [4.78, 5) is 47.4. The summed E-state index contributed by atoms with van der Waals surface area (Å²) in [6, 6.07) is 8.53. The Morgan fingerprint density at radius 3 is 1.38 bits per heavy atom. The van der Waals surface area contributed by atoms with Crippen molar-refractivity contribution in [2.45, 2.75) is 13.8 Å². The van der Waals surface area contributed by atoms with Crippen LogP contribution in [0.3, 0.4) is 0 Å². The van der Waals surface area contributed by atoms with Gasteiger partial charge in [0.2, 0.25) is 0 Å². The van der Waals surface area contributed by atoms with Gasteiger partial charge < -0.3 is 20.1 Å². The molecule has 0 aliphatic rings. The first-order valence-electron chi connectivity index (χ1n) is 9.13. The molecule has 32 heavy (non-hydrogen) atoms. The van der Waals surface area contributed by atoms with Crippen LogP contribution in [-0.2, 0) is 19.1 Å². The average Bonchev–Trinajstić information content (AvgIpc) is 2.75. The summed E-state index contributed by atoms with van der Waals surface area (Å²) >= 11 is 9.87. The number of carbonyl (C=O) groups excluding carboxylic acids is 4. The Bertz CT molecular complexity index is 929. The molecule has 2 unspecified atom stereocenters. The van der Waals surface area contributed by atoms with E-state index in [-0.39, 0.29) is 34.3 Å². The van der Waals surface area contributed by atoms with Crippen molar-refractivity contribution >= 4 is 58.2 Å². The zero-order chi connectivity index (χ0) is 24.3. The van der Waals surface area contributed by atoms with Crippen LogP contribution in [0.1, 0.15) is 34.6 Å². The minimum absolute atomic E-state index is 0.0510. The minimum Gasteiger partial charge on any atom is -0.465 e. The summed E-state index contributed by atoms with van der Waals surface area (Å²) in [5, 5.41) is 22.7. The Labute approximate surface area is 194 Å². The highest BCUT2D eigenvalue weighted by Gasteiger charge is 2.27. The highest BCUT2D eigenvalue weighted by Crippen LogP contribution is 2.08. The maximum Gasteiger partial charge on any atom is 0.330 e. The zero-order valence-electron chi connectivity index (χ0n) is 17.0. The minimum atomic E-state index is -1.44. The van der Waals surface area contributed by atoms with Gasteiger partial charge in [0.15, 0.2) is 11.8 Å². The molecule has 0 heterocycles. The molecule has 1 aromatic carbocycles. The van der Waals surface area contributed by atoms with Crippen LogP contribution in [0.5, 0.6) is 0 Å². The van der Waals surface area contributed by atoms with Gasteiger partial charge in [-0.25, -0.2) is 0 Å². The predicted molar refractivity (Wildman–Crippen MR) is 118 cm³/mol. The molecule has 1 rings (SSSR count). The van der Waals surface area contributed by atoms with Gasteiger partial charge in [0.05, 0.1) is 25.4 Å². The lowest BCUT2D eigenvalue weighted by Gasteiger charge is -2.12. The first-order valence-corrected chi connectivity index (χ1v) is 9.94. The lowest BCUT2D eigenvalue weighted by Crippen LogP contribution is -2.38. The molecule has 2 amide bonds. The van der Waals surface area contributed by atoms with E-state index in [2.05, 4.69) is 10.6 Å². The largest absolute Gasteiger partial charge is 0.465 e. The van der Waals surface area contributed by atoms with Gasteiger partial charge in [0.1, 0.15) is 9.98 Å². The Balaban J connectivity index is 2.82. The molecular weight excluding hydrogens is 456 g/mol. The van der Waals surface area contributed by atoms with Gasteiger partial charge in [0.25, 0.3) is 11.8 Å². The summed E-state index contributed by atoms with van der Waals surface area (Å²) in [6.45, 7) is 3.23. The van der Waals surface area contributed by atoms with Gasteiger partial charge in [-0.05, 0) is 38.1 Å². The SMILES string of the molecule is CCOC(=O)C(C#N)C(=S)NC(=O)c1ccc(C(=O)NC(=S)C(C#N)C(=O)OCC)cc1. The quantitative estimate of drug-likeness (QED) is 0.414. The lowest BCUT2D eigenvalue weighted by molar-refractivity contribution is -0.144. The van der Waals surface area contributed by atoms with Crippen LogP contribution in [0.25, 0.3) is 0 Å². The maximum absolute atomic E-state index is 12.3. The Hall–Kier alpha value is -3.74. The fourth-order valence-corrected chi connectivity index (χ4v) is 2.66. The summed E-state index contributed by atoms with van der Waals surface area (Å²) in [5.74, 6) is -6.02. The molecule has 0 fully saturated rings. The number of nitrogens with zero attached hydrogens (tertiary/aromatic N) is 2. The monoisotopic (exact) mass is 474 g/mol. The molecule has 10 nitrogen and oxygen atoms in total. The van der Waals surface area contributed by atoms with E-state index in [1.54, 1.807) is 26.0 Å². The third kappa shape index (κ3) is 7.19. The Morgan fingerprint density at radius 1 is 0.812 bits per heavy atom. The molecule has 0 saturated heterocycles. The number of carbonyl (C=O) groups is 4. The van der Waals surface area contributed by atoms with Gasteiger partial charge in [0, 0.05) is 11.1 Å². The van der Waals surface area contributed by atoms with Crippen molar-refractivity contribution in [2.75, 3.05) is 13.2 Å². The number of ether oxygens (including phenoxy) is 2. The highest BCUT2D eigenvalue weighted by atomic mass is 32.1. The van der Waals surface area contributed by atoms with Crippen LogP contribution in [0, 0.1) is 34.5 Å². The molecule has 2 N–H and O–H groups in total. The first-order chi connectivity index (χ1) is 15.2. The van der Waals surface area contributed by atoms with E-state index >= 15 is 0 Å². The molecular formula is C20H18N4O6S2. The van der Waals surface area contributed by atoms with E-state index in [0.717, 1.165) is 0 Å². The van der Waals surface area contributed by atoms with Crippen molar-refractivity contribution in [3.63, 3.8) is 0 Å². The molecule has 0 aliphatic heterocycles. The number of nitrogens with one attached hydrogen (secondary N) is 2. The van der Waals surface area contributed by atoms with Gasteiger partial charge in [-0.15, -0.1) is 0 Å². The number of amides is 2. The van der Waals surface area contributed by atoms with Gasteiger partial charge in [-0.3, -0.25) is 19.2 Å². The van der Waals surface area contributed by atoms with E-state index in [1.165, 1.54) is 24.3 Å². The molecule has 0 saturated carbocycles. The smallest absolute Gasteiger partial charge is 0.330 e. The summed E-state index contributed by atoms with van der Waals surface area (Å²) in [5.41, 5.74) is 0.182. The van der Waals surface area contributed by atoms with Crippen molar-refractivity contribution in [1.29, 1.82) is 10.5 Å². The average molecular weight is 475 g/mol. The number of hydrogen-bond donors (Lipinski definition) is 2. The molecule has 12 heteroatoms. The number of benzene rings is 1. The van der Waals surface area contributed by atoms with Crippen LogP contribution in [0.4, 0.5) is 0 Å². The summed E-state index contributed by atoms with van der Waals surface area (Å²) in [6.07, 6.45) is 0. The second-order valence-electron chi connectivity index (χ2n) is 5.84. The van der Waals surface area contributed by atoms with Crippen molar-refractivity contribution in [3.05, 3.63) is 35.4 Å². The Kier molecular flexibility index (Phi) is 10.6. The molecule has 166 valence electrons. The van der Waals surface area contributed by atoms with Gasteiger partial charge in [-0.1, -0.05) is 24.4 Å². The predicted octanol–water partition coefficient (Wildman–Crippen LogP) is 1.21. The normalized spacial score (nSPS) is 11.5.